The van der Waals surface area contributed by atoms with Crippen molar-refractivity contribution in [2.75, 3.05) is 0 Å². The Labute approximate surface area is 42.7 Å². The lowest BCUT2D eigenvalue weighted by atomic mass is 10.8. The zero-order valence-electron chi connectivity index (χ0n) is 3.96. The van der Waals surface area contributed by atoms with Crippen LogP contribution in [-0.4, -0.2) is 0 Å². The van der Waals surface area contributed by atoms with E-state index in [1.165, 1.54) is 12.4 Å². The molecule has 0 spiro atoms. The minimum absolute atomic E-state index is 1.39. The van der Waals surface area contributed by atoms with Crippen LogP contribution in [0.25, 0.3) is 0 Å². The van der Waals surface area contributed by atoms with Crippen LogP contribution in [0, 0.1) is 0 Å². The number of rotatable bonds is 2. The van der Waals surface area contributed by atoms with Crippen LogP contribution in [0.1, 0.15) is 0 Å². The molecule has 0 aliphatic carbocycles. The summed E-state index contributed by atoms with van der Waals surface area (Å²) in [6.07, 6.45) is 5.92. The molecule has 0 amide bonds. The first-order valence-corrected chi connectivity index (χ1v) is 1.91. The van der Waals surface area contributed by atoms with Crippen molar-refractivity contribution < 1.29 is 0 Å². The molecule has 40 valence electrons. The predicted molar refractivity (Wildman–Crippen MR) is 29.8 cm³/mol. The topological polar surface area (TPSA) is 64.1 Å². The van der Waals surface area contributed by atoms with Crippen molar-refractivity contribution in [1.82, 2.24) is 5.32 Å². The molecule has 0 bridgehead atoms. The van der Waals surface area contributed by atoms with Gasteiger partial charge >= 0.3 is 0 Å². The van der Waals surface area contributed by atoms with E-state index in [9.17, 15) is 0 Å². The van der Waals surface area contributed by atoms with Gasteiger partial charge in [-0.3, -0.25) is 0 Å². The molecule has 5 N–H and O–H groups in total. The van der Waals surface area contributed by atoms with Crippen LogP contribution in [0.5, 0.6) is 0 Å². The molecule has 0 aromatic carbocycles. The molecule has 0 aromatic heterocycles. The Kier molecular flexibility index (Phi) is 4.10. The molecule has 0 saturated carbocycles. The number of nitrogens with one attached hydrogen (secondary N) is 1. The van der Waals surface area contributed by atoms with Gasteiger partial charge in [-0.25, -0.2) is 0 Å². The number of hydrogen-bond acceptors (Lipinski definition) is 3. The molecule has 0 aliphatic rings. The summed E-state index contributed by atoms with van der Waals surface area (Å²) in [5.41, 5.74) is 9.90. The second-order valence-electron chi connectivity index (χ2n) is 0.885. The Balaban J connectivity index is 2.98. The summed E-state index contributed by atoms with van der Waals surface area (Å²) >= 11 is 0. The Hall–Kier alpha value is -1.12. The lowest BCUT2D eigenvalue weighted by molar-refractivity contribution is 1.17. The number of nitrogens with two attached hydrogens (primary N) is 2. The minimum Gasteiger partial charge on any atom is -0.403 e. The lowest BCUT2D eigenvalue weighted by Gasteiger charge is -1.81. The first-order chi connectivity index (χ1) is 3.41. The molecule has 3 heteroatoms. The van der Waals surface area contributed by atoms with Crippen LogP contribution in [0.4, 0.5) is 0 Å². The maximum absolute atomic E-state index is 4.95. The van der Waals surface area contributed by atoms with Crippen molar-refractivity contribution in [3.8, 4) is 0 Å². The lowest BCUT2D eigenvalue weighted by Crippen LogP contribution is -1.95. The van der Waals surface area contributed by atoms with E-state index < -0.39 is 0 Å². The highest BCUT2D eigenvalue weighted by Gasteiger charge is 1.55. The van der Waals surface area contributed by atoms with E-state index in [4.69, 9.17) is 11.5 Å². The highest BCUT2D eigenvalue weighted by Crippen LogP contribution is 1.55. The fourth-order valence-electron chi connectivity index (χ4n) is 0.167. The number of hydrogen-bond donors (Lipinski definition) is 3. The quantitative estimate of drug-likeness (QED) is 0.434. The Morgan fingerprint density at radius 1 is 1.00 bits per heavy atom. The summed E-state index contributed by atoms with van der Waals surface area (Å²) in [7, 11) is 0. The van der Waals surface area contributed by atoms with Gasteiger partial charge < -0.3 is 16.8 Å². The molecule has 0 heterocycles. The van der Waals surface area contributed by atoms with Gasteiger partial charge in [0.1, 0.15) is 0 Å². The fourth-order valence-corrected chi connectivity index (χ4v) is 0.167. The predicted octanol–water partition coefficient (Wildman–Crippen LogP) is -0.564. The van der Waals surface area contributed by atoms with Gasteiger partial charge in [0, 0.05) is 24.8 Å². The molecule has 0 atom stereocenters. The SMILES string of the molecule is NC=CNC=CN. The third-order valence-corrected chi connectivity index (χ3v) is 0.385. The summed E-state index contributed by atoms with van der Waals surface area (Å²) in [5, 5.41) is 2.67. The van der Waals surface area contributed by atoms with E-state index in [2.05, 4.69) is 5.32 Å². The van der Waals surface area contributed by atoms with Gasteiger partial charge in [0.15, 0.2) is 0 Å². The van der Waals surface area contributed by atoms with Crippen molar-refractivity contribution in [2.45, 2.75) is 0 Å². The minimum atomic E-state index is 1.39. The zero-order chi connectivity index (χ0) is 5.54. The molecule has 7 heavy (non-hydrogen) atoms. The summed E-state index contributed by atoms with van der Waals surface area (Å²) in [6, 6.07) is 0. The summed E-state index contributed by atoms with van der Waals surface area (Å²) in [6.45, 7) is 0. The molecule has 0 radical (unpaired) electrons. The van der Waals surface area contributed by atoms with E-state index >= 15 is 0 Å². The third kappa shape index (κ3) is 4.88. The van der Waals surface area contributed by atoms with Crippen LogP contribution in [0.2, 0.25) is 0 Å². The van der Waals surface area contributed by atoms with Gasteiger partial charge in [-0.2, -0.15) is 0 Å². The molecule has 0 rings (SSSR count). The Morgan fingerprint density at radius 3 is 1.71 bits per heavy atom. The highest BCUT2D eigenvalue weighted by molar-refractivity contribution is 4.82. The van der Waals surface area contributed by atoms with Crippen molar-refractivity contribution in [1.29, 1.82) is 0 Å². The van der Waals surface area contributed by atoms with E-state index in [-0.39, 0.29) is 0 Å². The van der Waals surface area contributed by atoms with Crippen molar-refractivity contribution in [3.63, 3.8) is 0 Å². The van der Waals surface area contributed by atoms with Gasteiger partial charge in [0.25, 0.3) is 0 Å². The average molecular weight is 99.1 g/mol. The van der Waals surface area contributed by atoms with Crippen LogP contribution >= 0.6 is 0 Å². The highest BCUT2D eigenvalue weighted by atomic mass is 14.8. The van der Waals surface area contributed by atoms with Gasteiger partial charge in [-0.05, 0) is 0 Å². The molecule has 0 fully saturated rings. The normalized spacial score (nSPS) is 10.9. The molecule has 0 aliphatic heterocycles. The van der Waals surface area contributed by atoms with Crippen LogP contribution < -0.4 is 16.8 Å². The first kappa shape index (κ1) is 5.88. The van der Waals surface area contributed by atoms with Crippen molar-refractivity contribution >= 4 is 0 Å². The summed E-state index contributed by atoms with van der Waals surface area (Å²) in [4.78, 5) is 0. The summed E-state index contributed by atoms with van der Waals surface area (Å²) < 4.78 is 0. The summed E-state index contributed by atoms with van der Waals surface area (Å²) in [5.74, 6) is 0. The second-order valence-corrected chi connectivity index (χ2v) is 0.885. The Morgan fingerprint density at radius 2 is 1.43 bits per heavy atom. The molecule has 3 nitrogen and oxygen atoms in total. The van der Waals surface area contributed by atoms with Gasteiger partial charge in [0.2, 0.25) is 0 Å². The Bertz CT molecular complexity index is 65.0. The molecular formula is C4H9N3. The maximum atomic E-state index is 4.95. The van der Waals surface area contributed by atoms with E-state index in [1.807, 2.05) is 0 Å². The van der Waals surface area contributed by atoms with Crippen molar-refractivity contribution in [2.24, 2.45) is 11.5 Å². The van der Waals surface area contributed by atoms with Crippen LogP contribution in [-0.2, 0) is 0 Å². The van der Waals surface area contributed by atoms with Crippen molar-refractivity contribution in [3.05, 3.63) is 24.8 Å². The van der Waals surface area contributed by atoms with Crippen LogP contribution in [0.3, 0.4) is 0 Å². The first-order valence-electron chi connectivity index (χ1n) is 1.91. The fraction of sp³-hybridized carbons (Fsp3) is 0. The monoisotopic (exact) mass is 99.1 g/mol. The average Bonchev–Trinajstić information content (AvgIpc) is 1.69. The van der Waals surface area contributed by atoms with Gasteiger partial charge in [0.05, 0.1) is 0 Å². The second kappa shape index (κ2) is 4.88. The molecule has 0 aromatic rings. The van der Waals surface area contributed by atoms with Gasteiger partial charge in [-0.15, -0.1) is 0 Å². The largest absolute Gasteiger partial charge is 0.403 e. The maximum Gasteiger partial charge on any atom is 0.0162 e. The molecular weight excluding hydrogens is 90.1 g/mol. The zero-order valence-corrected chi connectivity index (χ0v) is 3.96. The van der Waals surface area contributed by atoms with Crippen LogP contribution in [0.15, 0.2) is 24.8 Å². The smallest absolute Gasteiger partial charge is 0.0162 e. The standard InChI is InChI=1S/C4H9N3/c5-1-3-7-4-2-6/h1-4,7H,5-6H2. The third-order valence-electron chi connectivity index (χ3n) is 0.385. The van der Waals surface area contributed by atoms with E-state index in [1.54, 1.807) is 12.4 Å². The van der Waals surface area contributed by atoms with E-state index in [0.717, 1.165) is 0 Å². The van der Waals surface area contributed by atoms with Gasteiger partial charge in [-0.1, -0.05) is 0 Å². The molecule has 0 saturated heterocycles. The van der Waals surface area contributed by atoms with E-state index in [0.29, 0.717) is 0 Å². The molecule has 0 unspecified atom stereocenters.